The lowest BCUT2D eigenvalue weighted by Gasteiger charge is -2.14. The molecule has 0 bridgehead atoms. The zero-order valence-electron chi connectivity index (χ0n) is 10.1. The van der Waals surface area contributed by atoms with Crippen LogP contribution in [0, 0.1) is 6.92 Å². The van der Waals surface area contributed by atoms with Gasteiger partial charge in [0, 0.05) is 0 Å². The Morgan fingerprint density at radius 3 is 2.45 bits per heavy atom. The summed E-state index contributed by atoms with van der Waals surface area (Å²) in [6, 6.07) is -0.237. The molecule has 0 aliphatic carbocycles. The van der Waals surface area contributed by atoms with E-state index in [0.29, 0.717) is 0 Å². The van der Waals surface area contributed by atoms with Crippen molar-refractivity contribution in [2.45, 2.75) is 13.1 Å². The second-order valence-electron chi connectivity index (χ2n) is 3.80. The second kappa shape index (κ2) is 4.79. The van der Waals surface area contributed by atoms with Gasteiger partial charge in [0.15, 0.2) is 5.82 Å². The maximum absolute atomic E-state index is 13.0. The van der Waals surface area contributed by atoms with Crippen LogP contribution in [0.5, 0.6) is 0 Å². The molecule has 0 atom stereocenters. The summed E-state index contributed by atoms with van der Waals surface area (Å²) in [6.07, 6.45) is -2.22. The summed E-state index contributed by atoms with van der Waals surface area (Å²) in [4.78, 5) is 15.3. The number of hydrogen-bond donors (Lipinski definition) is 2. The van der Waals surface area contributed by atoms with E-state index < -0.39 is 23.6 Å². The Kier molecular flexibility index (Phi) is 3.30. The maximum Gasteiger partial charge on any atom is 0.420 e. The van der Waals surface area contributed by atoms with Crippen LogP contribution in [0.15, 0.2) is 18.5 Å². The number of hydrogen-bond acceptors (Lipinski definition) is 4. The molecule has 0 fully saturated rings. The van der Waals surface area contributed by atoms with Gasteiger partial charge in [0.25, 0.3) is 0 Å². The minimum atomic E-state index is -4.68. The average molecular weight is 286 g/mol. The molecule has 2 aromatic heterocycles. The molecule has 0 saturated carbocycles. The van der Waals surface area contributed by atoms with Crippen molar-refractivity contribution in [3.63, 3.8) is 0 Å². The number of pyridine rings is 1. The number of halogens is 3. The zero-order chi connectivity index (χ0) is 14.9. The first kappa shape index (κ1) is 13.8. The Morgan fingerprint density at radius 1 is 1.35 bits per heavy atom. The smallest absolute Gasteiger partial charge is 0.351 e. The predicted octanol–water partition coefficient (Wildman–Crippen LogP) is 1.48. The molecule has 7 nitrogen and oxygen atoms in total. The summed E-state index contributed by atoms with van der Waals surface area (Å²) < 4.78 is 39.1. The fourth-order valence-corrected chi connectivity index (χ4v) is 1.54. The van der Waals surface area contributed by atoms with Crippen LogP contribution in [0.25, 0.3) is 5.82 Å². The Labute approximate surface area is 110 Å². The van der Waals surface area contributed by atoms with Crippen LogP contribution < -0.4 is 11.1 Å². The monoisotopic (exact) mass is 286 g/mol. The van der Waals surface area contributed by atoms with E-state index in [1.807, 2.05) is 0 Å². The number of carbonyl (C=O) groups excluding carboxylic acids is 1. The van der Waals surface area contributed by atoms with Crippen LogP contribution in [0.3, 0.4) is 0 Å². The van der Waals surface area contributed by atoms with Crippen molar-refractivity contribution in [2.24, 2.45) is 5.73 Å². The second-order valence-corrected chi connectivity index (χ2v) is 3.80. The van der Waals surface area contributed by atoms with Crippen molar-refractivity contribution >= 4 is 11.7 Å². The quantitative estimate of drug-likeness (QED) is 0.873. The van der Waals surface area contributed by atoms with E-state index in [2.05, 4.69) is 20.5 Å². The lowest BCUT2D eigenvalue weighted by molar-refractivity contribution is -0.137. The SMILES string of the molecule is Cc1nc(-n2nccn2)c(C(F)(F)F)cc1NC(N)=O. The fraction of sp³-hybridized carbons (Fsp3) is 0.200. The van der Waals surface area contributed by atoms with Crippen LogP contribution in [0.1, 0.15) is 11.3 Å². The molecule has 20 heavy (non-hydrogen) atoms. The molecular weight excluding hydrogens is 277 g/mol. The standard InChI is InChI=1S/C10H9F3N6O/c1-5-7(18-9(14)20)4-6(10(11,12)13)8(17-5)19-15-2-3-16-19/h2-4H,1H3,(H3,14,18,20). The summed E-state index contributed by atoms with van der Waals surface area (Å²) in [6.45, 7) is 1.43. The van der Waals surface area contributed by atoms with Gasteiger partial charge in [-0.3, -0.25) is 0 Å². The molecule has 0 spiro atoms. The number of carbonyl (C=O) groups is 1. The number of nitrogens with zero attached hydrogens (tertiary/aromatic N) is 4. The molecule has 0 aliphatic rings. The Morgan fingerprint density at radius 2 is 1.95 bits per heavy atom. The normalized spacial score (nSPS) is 11.4. The van der Waals surface area contributed by atoms with Crippen molar-refractivity contribution < 1.29 is 18.0 Å². The maximum atomic E-state index is 13.0. The Bertz CT molecular complexity index is 637. The van der Waals surface area contributed by atoms with Crippen molar-refractivity contribution in [3.05, 3.63) is 29.7 Å². The van der Waals surface area contributed by atoms with E-state index in [4.69, 9.17) is 5.73 Å². The summed E-state index contributed by atoms with van der Waals surface area (Å²) in [5.74, 6) is -0.477. The molecule has 0 aromatic carbocycles. The molecule has 2 heterocycles. The van der Waals surface area contributed by atoms with Gasteiger partial charge >= 0.3 is 12.2 Å². The van der Waals surface area contributed by atoms with E-state index in [1.165, 1.54) is 19.3 Å². The van der Waals surface area contributed by atoms with Gasteiger partial charge in [0.2, 0.25) is 0 Å². The molecule has 0 radical (unpaired) electrons. The largest absolute Gasteiger partial charge is 0.420 e. The predicted molar refractivity (Wildman–Crippen MR) is 62.1 cm³/mol. The van der Waals surface area contributed by atoms with Gasteiger partial charge in [0.1, 0.15) is 5.56 Å². The molecule has 0 unspecified atom stereocenters. The topological polar surface area (TPSA) is 98.7 Å². The van der Waals surface area contributed by atoms with Crippen molar-refractivity contribution in [1.29, 1.82) is 0 Å². The van der Waals surface area contributed by atoms with Gasteiger partial charge in [-0.25, -0.2) is 9.78 Å². The molecular formula is C10H9F3N6O. The summed E-state index contributed by atoms with van der Waals surface area (Å²) >= 11 is 0. The minimum Gasteiger partial charge on any atom is -0.351 e. The van der Waals surface area contributed by atoms with Crippen LogP contribution in [0.4, 0.5) is 23.7 Å². The van der Waals surface area contributed by atoms with Crippen molar-refractivity contribution in [2.75, 3.05) is 5.32 Å². The molecule has 10 heteroatoms. The zero-order valence-corrected chi connectivity index (χ0v) is 10.1. The number of aromatic nitrogens is 4. The molecule has 0 saturated heterocycles. The van der Waals surface area contributed by atoms with Crippen LogP contribution >= 0.6 is 0 Å². The first-order chi connectivity index (χ1) is 9.29. The van der Waals surface area contributed by atoms with Crippen molar-refractivity contribution in [1.82, 2.24) is 20.0 Å². The first-order valence-corrected chi connectivity index (χ1v) is 5.31. The third kappa shape index (κ3) is 2.68. The van der Waals surface area contributed by atoms with Crippen molar-refractivity contribution in [3.8, 4) is 5.82 Å². The number of alkyl halides is 3. The lowest BCUT2D eigenvalue weighted by atomic mass is 10.2. The Hall–Kier alpha value is -2.65. The van der Waals surface area contributed by atoms with E-state index >= 15 is 0 Å². The third-order valence-electron chi connectivity index (χ3n) is 2.36. The van der Waals surface area contributed by atoms with Gasteiger partial charge < -0.3 is 11.1 Å². The molecule has 3 N–H and O–H groups in total. The summed E-state index contributed by atoms with van der Waals surface area (Å²) in [5.41, 5.74) is 3.85. The highest BCUT2D eigenvalue weighted by molar-refractivity contribution is 5.88. The minimum absolute atomic E-state index is 0.124. The number of nitrogens with two attached hydrogens (primary N) is 1. The lowest BCUT2D eigenvalue weighted by Crippen LogP contribution is -2.22. The van der Waals surface area contributed by atoms with Crippen LogP contribution in [-0.2, 0) is 6.18 Å². The van der Waals surface area contributed by atoms with Gasteiger partial charge in [-0.1, -0.05) is 0 Å². The summed E-state index contributed by atoms with van der Waals surface area (Å²) in [5, 5.41) is 9.33. The molecule has 0 aliphatic heterocycles. The number of urea groups is 1. The van der Waals surface area contributed by atoms with Gasteiger partial charge in [-0.05, 0) is 13.0 Å². The fourth-order valence-electron chi connectivity index (χ4n) is 1.54. The molecule has 2 rings (SSSR count). The number of rotatable bonds is 2. The Balaban J connectivity index is 2.63. The van der Waals surface area contributed by atoms with E-state index in [-0.39, 0.29) is 11.4 Å². The van der Waals surface area contributed by atoms with E-state index in [1.54, 1.807) is 0 Å². The molecule has 106 valence electrons. The first-order valence-electron chi connectivity index (χ1n) is 5.31. The number of nitrogens with one attached hydrogen (secondary N) is 1. The molecule has 2 aromatic rings. The van der Waals surface area contributed by atoms with Gasteiger partial charge in [-0.15, -0.1) is 4.80 Å². The highest BCUT2D eigenvalue weighted by Gasteiger charge is 2.36. The van der Waals surface area contributed by atoms with E-state index in [0.717, 1.165) is 10.9 Å². The number of primary amides is 1. The van der Waals surface area contributed by atoms with Crippen LogP contribution in [0.2, 0.25) is 0 Å². The number of aryl methyl sites for hydroxylation is 1. The van der Waals surface area contributed by atoms with E-state index in [9.17, 15) is 18.0 Å². The summed E-state index contributed by atoms with van der Waals surface area (Å²) in [7, 11) is 0. The number of anilines is 1. The van der Waals surface area contributed by atoms with Crippen LogP contribution in [-0.4, -0.2) is 26.0 Å². The third-order valence-corrected chi connectivity index (χ3v) is 2.36. The molecule has 2 amide bonds. The highest BCUT2D eigenvalue weighted by Crippen LogP contribution is 2.35. The highest BCUT2D eigenvalue weighted by atomic mass is 19.4. The van der Waals surface area contributed by atoms with Gasteiger partial charge in [0.05, 0.1) is 23.8 Å². The van der Waals surface area contributed by atoms with Gasteiger partial charge in [-0.2, -0.15) is 23.4 Å². The number of amides is 2. The average Bonchev–Trinajstić information content (AvgIpc) is 2.82.